The maximum Gasteiger partial charge on any atom is 0.159 e. The van der Waals surface area contributed by atoms with Crippen LogP contribution in [-0.2, 0) is 23.0 Å². The number of Topliss-reactive ketones (excluding diaryl/α,β-unsaturated/α-hetero) is 1. The molecule has 0 saturated carbocycles. The van der Waals surface area contributed by atoms with E-state index in [0.717, 1.165) is 24.2 Å². The largest absolute Gasteiger partial charge is 0.500 e. The van der Waals surface area contributed by atoms with E-state index in [1.165, 1.54) is 22.2 Å². The lowest BCUT2D eigenvalue weighted by atomic mass is 9.67. The maximum atomic E-state index is 12.2. The SMILES string of the molecule is COc1ccc2c(c1)c1c(n2C)[C@@H]2C[C@H]3C(C(C)=O)=COC[C@H]3[C@H](C1)N2C. The van der Waals surface area contributed by atoms with Crippen molar-refractivity contribution in [1.82, 2.24) is 9.47 Å². The van der Waals surface area contributed by atoms with E-state index < -0.39 is 0 Å². The van der Waals surface area contributed by atoms with E-state index in [4.69, 9.17) is 9.47 Å². The molecule has 0 radical (unpaired) electrons. The van der Waals surface area contributed by atoms with Crippen LogP contribution in [0.5, 0.6) is 5.75 Å². The van der Waals surface area contributed by atoms with Gasteiger partial charge < -0.3 is 14.0 Å². The number of benzene rings is 1. The number of ketones is 1. The van der Waals surface area contributed by atoms with E-state index >= 15 is 0 Å². The van der Waals surface area contributed by atoms with Crippen molar-refractivity contribution in [2.24, 2.45) is 18.9 Å². The second-order valence-corrected chi connectivity index (χ2v) is 8.23. The molecule has 1 aromatic heterocycles. The quantitative estimate of drug-likeness (QED) is 0.819. The summed E-state index contributed by atoms with van der Waals surface area (Å²) < 4.78 is 13.6. The van der Waals surface area contributed by atoms with Gasteiger partial charge in [0.25, 0.3) is 0 Å². The number of hydrogen-bond acceptors (Lipinski definition) is 4. The fourth-order valence-corrected chi connectivity index (χ4v) is 5.74. The van der Waals surface area contributed by atoms with Gasteiger partial charge in [-0.15, -0.1) is 0 Å². The zero-order chi connectivity index (χ0) is 18.9. The molecule has 5 rings (SSSR count). The van der Waals surface area contributed by atoms with Crippen molar-refractivity contribution in [2.75, 3.05) is 20.8 Å². The fraction of sp³-hybridized carbons (Fsp3) is 0.500. The highest BCUT2D eigenvalue weighted by molar-refractivity contribution is 5.94. The maximum absolute atomic E-state index is 12.2. The Balaban J connectivity index is 1.67. The number of likely N-dealkylation sites (N-methyl/N-ethyl adjacent to an activating group) is 1. The van der Waals surface area contributed by atoms with Gasteiger partial charge in [0.05, 0.1) is 26.0 Å². The van der Waals surface area contributed by atoms with Crippen molar-refractivity contribution in [3.05, 3.63) is 41.3 Å². The number of fused-ring (bicyclic) bond motifs is 8. The minimum atomic E-state index is 0.148. The van der Waals surface area contributed by atoms with Crippen LogP contribution < -0.4 is 4.74 Å². The second-order valence-electron chi connectivity index (χ2n) is 8.23. The summed E-state index contributed by atoms with van der Waals surface area (Å²) >= 11 is 0. The van der Waals surface area contributed by atoms with Gasteiger partial charge in [-0.05, 0) is 56.5 Å². The van der Waals surface area contributed by atoms with E-state index in [-0.39, 0.29) is 5.78 Å². The number of aryl methyl sites for hydroxylation is 1. The highest BCUT2D eigenvalue weighted by atomic mass is 16.5. The molecule has 3 aliphatic heterocycles. The molecule has 0 N–H and O–H groups in total. The molecule has 0 unspecified atom stereocenters. The highest BCUT2D eigenvalue weighted by Gasteiger charge is 2.50. The molecule has 1 fully saturated rings. The normalized spacial score (nSPS) is 29.6. The second kappa shape index (κ2) is 5.86. The van der Waals surface area contributed by atoms with Gasteiger partial charge in [0.15, 0.2) is 5.78 Å². The van der Waals surface area contributed by atoms with E-state index in [1.807, 2.05) is 6.07 Å². The Hall–Kier alpha value is -2.27. The number of rotatable bonds is 2. The molecule has 3 aliphatic rings. The zero-order valence-electron chi connectivity index (χ0n) is 16.4. The number of allylic oxidation sites excluding steroid dienone is 1. The monoisotopic (exact) mass is 366 g/mol. The summed E-state index contributed by atoms with van der Waals surface area (Å²) in [6.07, 6.45) is 3.68. The molecule has 1 saturated heterocycles. The Kier molecular flexibility index (Phi) is 3.66. The first-order valence-electron chi connectivity index (χ1n) is 9.71. The molecule has 0 spiro atoms. The predicted octanol–water partition coefficient (Wildman–Crippen LogP) is 3.22. The zero-order valence-corrected chi connectivity index (χ0v) is 16.4. The number of ether oxygens (including phenoxy) is 2. The van der Waals surface area contributed by atoms with Crippen LogP contribution in [0.15, 0.2) is 30.0 Å². The number of hydrogen-bond donors (Lipinski definition) is 0. The lowest BCUT2D eigenvalue weighted by Gasteiger charge is -2.52. The number of methoxy groups -OCH3 is 1. The molecule has 2 bridgehead atoms. The lowest BCUT2D eigenvalue weighted by Crippen LogP contribution is -2.55. The third-order valence-electron chi connectivity index (χ3n) is 7.10. The predicted molar refractivity (Wildman–Crippen MR) is 104 cm³/mol. The van der Waals surface area contributed by atoms with Gasteiger partial charge >= 0.3 is 0 Å². The van der Waals surface area contributed by atoms with Crippen molar-refractivity contribution in [1.29, 1.82) is 0 Å². The first-order valence-corrected chi connectivity index (χ1v) is 9.71. The molecule has 4 heterocycles. The van der Waals surface area contributed by atoms with Crippen molar-refractivity contribution in [2.45, 2.75) is 31.8 Å². The number of carbonyl (C=O) groups is 1. The van der Waals surface area contributed by atoms with Crippen LogP contribution in [-0.4, -0.2) is 42.1 Å². The van der Waals surface area contributed by atoms with Crippen molar-refractivity contribution < 1.29 is 14.3 Å². The van der Waals surface area contributed by atoms with E-state index in [1.54, 1.807) is 20.3 Å². The van der Waals surface area contributed by atoms with Gasteiger partial charge in [-0.3, -0.25) is 9.69 Å². The molecule has 5 nitrogen and oxygen atoms in total. The average Bonchev–Trinajstić information content (AvgIpc) is 2.93. The van der Waals surface area contributed by atoms with Gasteiger partial charge in [-0.1, -0.05) is 0 Å². The first-order chi connectivity index (χ1) is 13.0. The minimum absolute atomic E-state index is 0.148. The molecule has 1 aromatic carbocycles. The Morgan fingerprint density at radius 2 is 2.11 bits per heavy atom. The van der Waals surface area contributed by atoms with Crippen LogP contribution in [0.4, 0.5) is 0 Å². The Bertz CT molecular complexity index is 974. The summed E-state index contributed by atoms with van der Waals surface area (Å²) in [4.78, 5) is 14.7. The first kappa shape index (κ1) is 16.9. The van der Waals surface area contributed by atoms with Gasteiger partial charge in [-0.25, -0.2) is 0 Å². The van der Waals surface area contributed by atoms with Crippen LogP contribution in [0.3, 0.4) is 0 Å². The standard InChI is InChI=1S/C22H26N2O3/c1-12(25)17-10-27-11-18-14(17)8-21-22-16(9-20(18)23(21)2)15-7-13(26-4)5-6-19(15)24(22)3/h5-7,10,14,18,20-21H,8-9,11H2,1-4H3/t14-,18+,20-,21-/m0/s1. The smallest absolute Gasteiger partial charge is 0.159 e. The summed E-state index contributed by atoms with van der Waals surface area (Å²) in [5, 5.41) is 1.30. The lowest BCUT2D eigenvalue weighted by molar-refractivity contribution is -0.116. The molecular weight excluding hydrogens is 340 g/mol. The third-order valence-corrected chi connectivity index (χ3v) is 7.10. The summed E-state index contributed by atoms with van der Waals surface area (Å²) in [7, 11) is 6.12. The van der Waals surface area contributed by atoms with E-state index in [2.05, 4.69) is 35.7 Å². The van der Waals surface area contributed by atoms with Crippen LogP contribution in [0.25, 0.3) is 10.9 Å². The molecular formula is C22H26N2O3. The van der Waals surface area contributed by atoms with Gasteiger partial charge in [-0.2, -0.15) is 0 Å². The Morgan fingerprint density at radius 3 is 2.85 bits per heavy atom. The molecule has 0 amide bonds. The van der Waals surface area contributed by atoms with E-state index in [9.17, 15) is 4.79 Å². The molecule has 0 aliphatic carbocycles. The number of piperidine rings is 1. The van der Waals surface area contributed by atoms with Gasteiger partial charge in [0, 0.05) is 41.2 Å². The number of aromatic nitrogens is 1. The third kappa shape index (κ3) is 2.24. The Labute approximate surface area is 159 Å². The summed E-state index contributed by atoms with van der Waals surface area (Å²) in [6, 6.07) is 7.08. The van der Waals surface area contributed by atoms with Crippen molar-refractivity contribution in [3.8, 4) is 5.75 Å². The van der Waals surface area contributed by atoms with Crippen LogP contribution in [0.1, 0.15) is 30.6 Å². The topological polar surface area (TPSA) is 43.7 Å². The average molecular weight is 366 g/mol. The van der Waals surface area contributed by atoms with Crippen molar-refractivity contribution in [3.63, 3.8) is 0 Å². The molecule has 5 heteroatoms. The van der Waals surface area contributed by atoms with Gasteiger partial charge in [0.1, 0.15) is 5.75 Å². The van der Waals surface area contributed by atoms with Gasteiger partial charge in [0.2, 0.25) is 0 Å². The van der Waals surface area contributed by atoms with Crippen molar-refractivity contribution >= 4 is 16.7 Å². The number of nitrogens with zero attached hydrogens (tertiary/aromatic N) is 2. The Morgan fingerprint density at radius 1 is 1.30 bits per heavy atom. The van der Waals surface area contributed by atoms with E-state index in [0.29, 0.717) is 30.5 Å². The summed E-state index contributed by atoms with van der Waals surface area (Å²) in [5.41, 5.74) is 4.96. The minimum Gasteiger partial charge on any atom is -0.500 e. The van der Waals surface area contributed by atoms with Crippen LogP contribution in [0, 0.1) is 11.8 Å². The summed E-state index contributed by atoms with van der Waals surface area (Å²) in [6.45, 7) is 2.37. The molecule has 4 atom stereocenters. The molecule has 142 valence electrons. The molecule has 2 aromatic rings. The van der Waals surface area contributed by atoms with Crippen LogP contribution >= 0.6 is 0 Å². The molecule has 27 heavy (non-hydrogen) atoms. The highest BCUT2D eigenvalue weighted by Crippen LogP contribution is 2.51. The fourth-order valence-electron chi connectivity index (χ4n) is 5.74. The number of carbonyl (C=O) groups excluding carboxylic acids is 1. The van der Waals surface area contributed by atoms with Crippen LogP contribution in [0.2, 0.25) is 0 Å². The summed E-state index contributed by atoms with van der Waals surface area (Å²) in [5.74, 6) is 1.71.